The number of benzene rings is 2. The summed E-state index contributed by atoms with van der Waals surface area (Å²) in [5.74, 6) is 0.831. The summed E-state index contributed by atoms with van der Waals surface area (Å²) in [4.78, 5) is 8.72. The molecule has 3 aromatic rings. The van der Waals surface area contributed by atoms with Crippen molar-refractivity contribution in [1.82, 2.24) is 10.3 Å². The number of fused-ring (bicyclic) bond motifs is 1. The van der Waals surface area contributed by atoms with Crippen LogP contribution in [0.25, 0.3) is 0 Å². The standard InChI is InChI=1S/C25H21F3N8O2/c1-2-37-18-9-14(6-7-17(18)38-11-13-4-3-5-15(8-13)25(26,27)28)21-19-20(31)16(10-29)22(32)35-23(19)36-24(34-21)33-12-30/h3-9,21H,2,11H2,1H3,(H6,31,32,33,34,35,36). The van der Waals surface area contributed by atoms with Crippen LogP contribution in [0.1, 0.15) is 40.8 Å². The number of nitrogens with zero attached hydrogens (tertiary/aromatic N) is 4. The maximum atomic E-state index is 13.1. The van der Waals surface area contributed by atoms with E-state index < -0.39 is 17.8 Å². The Kier molecular flexibility index (Phi) is 7.12. The first-order valence-electron chi connectivity index (χ1n) is 11.2. The van der Waals surface area contributed by atoms with Crippen LogP contribution in [-0.2, 0) is 12.8 Å². The van der Waals surface area contributed by atoms with Crippen molar-refractivity contribution in [3.8, 4) is 23.8 Å². The fourth-order valence-corrected chi connectivity index (χ4v) is 3.90. The van der Waals surface area contributed by atoms with Crippen molar-refractivity contribution in [2.45, 2.75) is 25.7 Å². The van der Waals surface area contributed by atoms with E-state index in [4.69, 9.17) is 26.2 Å². The van der Waals surface area contributed by atoms with Crippen LogP contribution in [0.15, 0.2) is 47.5 Å². The smallest absolute Gasteiger partial charge is 0.416 e. The summed E-state index contributed by atoms with van der Waals surface area (Å²) in [7, 11) is 0. The molecule has 2 aromatic carbocycles. The van der Waals surface area contributed by atoms with Crippen molar-refractivity contribution in [3.05, 3.63) is 70.3 Å². The van der Waals surface area contributed by atoms with Crippen LogP contribution < -0.4 is 31.6 Å². The quantitative estimate of drug-likeness (QED) is 0.276. The molecule has 10 nitrogen and oxygen atoms in total. The normalized spacial score (nSPS) is 14.3. The molecule has 1 aliphatic heterocycles. The molecule has 38 heavy (non-hydrogen) atoms. The Labute approximate surface area is 215 Å². The van der Waals surface area contributed by atoms with Crippen molar-refractivity contribution in [1.29, 1.82) is 10.5 Å². The topological polar surface area (TPSA) is 167 Å². The van der Waals surface area contributed by atoms with Gasteiger partial charge in [0.2, 0.25) is 5.96 Å². The Morgan fingerprint density at radius 2 is 1.89 bits per heavy atom. The fourth-order valence-electron chi connectivity index (χ4n) is 3.90. The van der Waals surface area contributed by atoms with E-state index in [-0.39, 0.29) is 42.1 Å². The van der Waals surface area contributed by atoms with Gasteiger partial charge in [0.15, 0.2) is 17.7 Å². The van der Waals surface area contributed by atoms with Crippen molar-refractivity contribution in [2.75, 3.05) is 23.4 Å². The van der Waals surface area contributed by atoms with E-state index in [0.717, 1.165) is 12.1 Å². The third-order valence-corrected chi connectivity index (χ3v) is 5.59. The minimum absolute atomic E-state index is 0.00600. The Balaban J connectivity index is 1.71. The number of hydrogen-bond acceptors (Lipinski definition) is 10. The van der Waals surface area contributed by atoms with E-state index in [2.05, 4.69) is 20.6 Å². The van der Waals surface area contributed by atoms with Gasteiger partial charge in [-0.15, -0.1) is 0 Å². The first kappa shape index (κ1) is 25.9. The number of anilines is 3. The van der Waals surface area contributed by atoms with Gasteiger partial charge < -0.3 is 26.3 Å². The van der Waals surface area contributed by atoms with Crippen LogP contribution in [-0.4, -0.2) is 17.6 Å². The van der Waals surface area contributed by atoms with Crippen LogP contribution in [0.5, 0.6) is 11.5 Å². The SMILES string of the molecule is CCOc1cc(C2N=C(NC#N)Nc3nc(N)c(C#N)c(N)c32)ccc1OCc1cccc(C(F)(F)F)c1. The number of alkyl halides is 3. The zero-order chi connectivity index (χ0) is 27.4. The van der Waals surface area contributed by atoms with E-state index in [1.165, 1.54) is 12.1 Å². The summed E-state index contributed by atoms with van der Waals surface area (Å²) in [5, 5.41) is 23.8. The zero-order valence-corrected chi connectivity index (χ0v) is 19.9. The Morgan fingerprint density at radius 3 is 2.58 bits per heavy atom. The van der Waals surface area contributed by atoms with Gasteiger partial charge >= 0.3 is 6.18 Å². The molecular formula is C25H21F3N8O2. The van der Waals surface area contributed by atoms with E-state index in [0.29, 0.717) is 28.2 Å². The number of nitrogen functional groups attached to an aromatic ring is 2. The Bertz CT molecular complexity index is 1490. The molecule has 1 aliphatic rings. The van der Waals surface area contributed by atoms with Crippen molar-refractivity contribution in [3.63, 3.8) is 0 Å². The van der Waals surface area contributed by atoms with E-state index >= 15 is 0 Å². The predicted molar refractivity (Wildman–Crippen MR) is 133 cm³/mol. The third-order valence-electron chi connectivity index (χ3n) is 5.59. The monoisotopic (exact) mass is 522 g/mol. The second kappa shape index (κ2) is 10.4. The van der Waals surface area contributed by atoms with Gasteiger partial charge in [0.25, 0.3) is 0 Å². The molecular weight excluding hydrogens is 501 g/mol. The average Bonchev–Trinajstić information content (AvgIpc) is 2.87. The van der Waals surface area contributed by atoms with Crippen LogP contribution >= 0.6 is 0 Å². The Morgan fingerprint density at radius 1 is 1.11 bits per heavy atom. The summed E-state index contributed by atoms with van der Waals surface area (Å²) in [5.41, 5.74) is 12.7. The number of aliphatic imine (C=N–C) groups is 1. The number of aromatic nitrogens is 1. The maximum Gasteiger partial charge on any atom is 0.416 e. The van der Waals surface area contributed by atoms with Gasteiger partial charge in [-0.3, -0.25) is 5.32 Å². The molecule has 0 saturated heterocycles. The lowest BCUT2D eigenvalue weighted by molar-refractivity contribution is -0.137. The number of ether oxygens (including phenoxy) is 2. The van der Waals surface area contributed by atoms with Gasteiger partial charge in [-0.25, -0.2) is 9.98 Å². The second-order valence-corrected chi connectivity index (χ2v) is 8.03. The summed E-state index contributed by atoms with van der Waals surface area (Å²) in [6.07, 6.45) is -2.69. The molecule has 0 bridgehead atoms. The minimum Gasteiger partial charge on any atom is -0.490 e. The van der Waals surface area contributed by atoms with Crippen molar-refractivity contribution >= 4 is 23.3 Å². The highest BCUT2D eigenvalue weighted by Gasteiger charge is 2.31. The number of nitrogens with two attached hydrogens (primary N) is 2. The summed E-state index contributed by atoms with van der Waals surface area (Å²) >= 11 is 0. The molecule has 1 atom stereocenters. The lowest BCUT2D eigenvalue weighted by Gasteiger charge is -2.26. The lowest BCUT2D eigenvalue weighted by atomic mass is 9.95. The maximum absolute atomic E-state index is 13.1. The molecule has 6 N–H and O–H groups in total. The largest absolute Gasteiger partial charge is 0.490 e. The molecule has 4 rings (SSSR count). The zero-order valence-electron chi connectivity index (χ0n) is 19.9. The molecule has 0 aliphatic carbocycles. The molecule has 0 radical (unpaired) electrons. The minimum atomic E-state index is -4.47. The third kappa shape index (κ3) is 5.17. The van der Waals surface area contributed by atoms with Crippen LogP contribution in [0.2, 0.25) is 0 Å². The number of nitriles is 2. The van der Waals surface area contributed by atoms with Gasteiger partial charge in [0, 0.05) is 5.56 Å². The van der Waals surface area contributed by atoms with E-state index in [1.54, 1.807) is 31.3 Å². The highest BCUT2D eigenvalue weighted by atomic mass is 19.4. The molecule has 194 valence electrons. The molecule has 0 amide bonds. The van der Waals surface area contributed by atoms with Gasteiger partial charge in [0.1, 0.15) is 35.9 Å². The molecule has 0 spiro atoms. The van der Waals surface area contributed by atoms with E-state index in [9.17, 15) is 18.4 Å². The van der Waals surface area contributed by atoms with Crippen LogP contribution in [0.3, 0.4) is 0 Å². The number of hydrogen-bond donors (Lipinski definition) is 4. The summed E-state index contributed by atoms with van der Waals surface area (Å²) in [6, 6.07) is 10.9. The number of halogens is 3. The number of guanidine groups is 1. The molecule has 1 aromatic heterocycles. The van der Waals surface area contributed by atoms with Crippen LogP contribution in [0, 0.1) is 22.8 Å². The molecule has 2 heterocycles. The van der Waals surface area contributed by atoms with Crippen molar-refractivity contribution in [2.24, 2.45) is 4.99 Å². The van der Waals surface area contributed by atoms with Gasteiger partial charge in [-0.05, 0) is 42.3 Å². The first-order chi connectivity index (χ1) is 18.2. The molecule has 13 heteroatoms. The lowest BCUT2D eigenvalue weighted by Crippen LogP contribution is -2.32. The fraction of sp³-hybridized carbons (Fsp3) is 0.200. The first-order valence-corrected chi connectivity index (χ1v) is 11.2. The highest BCUT2D eigenvalue weighted by molar-refractivity contribution is 5.98. The molecule has 1 unspecified atom stereocenters. The molecule has 0 fully saturated rings. The summed E-state index contributed by atoms with van der Waals surface area (Å²) in [6.45, 7) is 1.91. The average molecular weight is 522 g/mol. The highest BCUT2D eigenvalue weighted by Crippen LogP contribution is 2.42. The predicted octanol–water partition coefficient (Wildman–Crippen LogP) is 4.06. The van der Waals surface area contributed by atoms with Gasteiger partial charge in [-0.1, -0.05) is 18.2 Å². The number of rotatable bonds is 6. The summed E-state index contributed by atoms with van der Waals surface area (Å²) < 4.78 is 50.7. The molecule has 0 saturated carbocycles. The van der Waals surface area contributed by atoms with E-state index in [1.807, 2.05) is 6.07 Å². The van der Waals surface area contributed by atoms with Crippen LogP contribution in [0.4, 0.5) is 30.5 Å². The second-order valence-electron chi connectivity index (χ2n) is 8.03. The van der Waals surface area contributed by atoms with Gasteiger partial charge in [-0.2, -0.15) is 23.7 Å². The van der Waals surface area contributed by atoms with Crippen molar-refractivity contribution < 1.29 is 22.6 Å². The van der Waals surface area contributed by atoms with Gasteiger partial charge in [0.05, 0.1) is 17.9 Å². The number of nitrogens with one attached hydrogen (secondary N) is 2. The Hall–Kier alpha value is -5.17. The number of pyridine rings is 1.